The van der Waals surface area contributed by atoms with Gasteiger partial charge in [0, 0.05) is 34.8 Å². The van der Waals surface area contributed by atoms with Crippen molar-refractivity contribution >= 4 is 23.2 Å². The molecule has 0 aliphatic rings. The molecule has 0 spiro atoms. The molecule has 30 heavy (non-hydrogen) atoms. The molecular formula is C21H14Cl2F2N4O. The largest absolute Gasteiger partial charge is 0.306 e. The van der Waals surface area contributed by atoms with Crippen molar-refractivity contribution < 1.29 is 8.78 Å². The molecule has 0 saturated carbocycles. The molecule has 0 aliphatic carbocycles. The summed E-state index contributed by atoms with van der Waals surface area (Å²) in [5.74, 6) is -1.73. The van der Waals surface area contributed by atoms with Gasteiger partial charge in [-0.05, 0) is 19.1 Å². The van der Waals surface area contributed by atoms with Crippen LogP contribution >= 0.6 is 23.2 Å². The van der Waals surface area contributed by atoms with E-state index in [-0.39, 0.29) is 28.5 Å². The highest BCUT2D eigenvalue weighted by Crippen LogP contribution is 2.39. The molecule has 9 heteroatoms. The van der Waals surface area contributed by atoms with Crippen LogP contribution in [0, 0.1) is 11.6 Å². The number of halogens is 4. The average molecular weight is 447 g/mol. The second-order valence-corrected chi connectivity index (χ2v) is 7.22. The fourth-order valence-corrected chi connectivity index (χ4v) is 3.80. The lowest BCUT2D eigenvalue weighted by atomic mass is 9.97. The first-order chi connectivity index (χ1) is 14.4. The van der Waals surface area contributed by atoms with Gasteiger partial charge in [0.15, 0.2) is 0 Å². The molecule has 0 bridgehead atoms. The Morgan fingerprint density at radius 2 is 1.70 bits per heavy atom. The van der Waals surface area contributed by atoms with E-state index in [0.717, 1.165) is 12.1 Å². The normalized spacial score (nSPS) is 11.1. The van der Waals surface area contributed by atoms with Crippen LogP contribution in [0.5, 0.6) is 0 Å². The minimum absolute atomic E-state index is 0.0557. The van der Waals surface area contributed by atoms with Crippen molar-refractivity contribution in [3.05, 3.63) is 87.2 Å². The Morgan fingerprint density at radius 3 is 2.30 bits per heavy atom. The van der Waals surface area contributed by atoms with Crippen molar-refractivity contribution in [2.24, 2.45) is 0 Å². The second-order valence-electron chi connectivity index (χ2n) is 6.41. The van der Waals surface area contributed by atoms with E-state index in [2.05, 4.69) is 10.1 Å². The molecule has 4 rings (SSSR count). The summed E-state index contributed by atoms with van der Waals surface area (Å²) >= 11 is 12.5. The van der Waals surface area contributed by atoms with Crippen molar-refractivity contribution in [2.75, 3.05) is 0 Å². The van der Waals surface area contributed by atoms with E-state index in [9.17, 15) is 4.79 Å². The fraction of sp³-hybridized carbons (Fsp3) is 0.0952. The first-order valence-corrected chi connectivity index (χ1v) is 9.70. The van der Waals surface area contributed by atoms with Crippen LogP contribution in [0.15, 0.2) is 59.9 Å². The van der Waals surface area contributed by atoms with Crippen LogP contribution in [-0.4, -0.2) is 19.3 Å². The predicted octanol–water partition coefficient (Wildman–Crippen LogP) is 5.37. The van der Waals surface area contributed by atoms with Gasteiger partial charge in [-0.15, -0.1) is 0 Å². The Bertz CT molecular complexity index is 1280. The summed E-state index contributed by atoms with van der Waals surface area (Å²) in [6, 6.07) is 10.5. The SMILES string of the molecule is CCn1c(-c2c(F)cc(-n3cncn3)cc2F)c(-c2ccccc2Cl)cc(Cl)c1=O. The molecule has 0 atom stereocenters. The van der Waals surface area contributed by atoms with Gasteiger partial charge in [0.05, 0.1) is 16.9 Å². The number of nitrogens with zero attached hydrogens (tertiary/aromatic N) is 4. The van der Waals surface area contributed by atoms with Crippen LogP contribution in [0.3, 0.4) is 0 Å². The van der Waals surface area contributed by atoms with Crippen LogP contribution in [0.2, 0.25) is 10.0 Å². The molecular weight excluding hydrogens is 433 g/mol. The molecule has 0 unspecified atom stereocenters. The number of aromatic nitrogens is 4. The van der Waals surface area contributed by atoms with Gasteiger partial charge >= 0.3 is 0 Å². The Labute approximate surface area is 180 Å². The van der Waals surface area contributed by atoms with Crippen molar-refractivity contribution in [3.8, 4) is 28.1 Å². The lowest BCUT2D eigenvalue weighted by Gasteiger charge is -2.19. The first-order valence-electron chi connectivity index (χ1n) is 8.95. The monoisotopic (exact) mass is 446 g/mol. The minimum Gasteiger partial charge on any atom is -0.306 e. The van der Waals surface area contributed by atoms with Crippen LogP contribution in [0.4, 0.5) is 8.78 Å². The number of rotatable bonds is 4. The quantitative estimate of drug-likeness (QED) is 0.423. The summed E-state index contributed by atoms with van der Waals surface area (Å²) in [6.07, 6.45) is 2.58. The lowest BCUT2D eigenvalue weighted by Crippen LogP contribution is -2.23. The predicted molar refractivity (Wildman–Crippen MR) is 112 cm³/mol. The van der Waals surface area contributed by atoms with Crippen LogP contribution in [0.25, 0.3) is 28.1 Å². The molecule has 0 radical (unpaired) electrons. The summed E-state index contributed by atoms with van der Waals surface area (Å²) < 4.78 is 33.0. The summed E-state index contributed by atoms with van der Waals surface area (Å²) in [5.41, 5.74) is 0.148. The highest BCUT2D eigenvalue weighted by Gasteiger charge is 2.24. The van der Waals surface area contributed by atoms with E-state index in [4.69, 9.17) is 23.2 Å². The third kappa shape index (κ3) is 3.40. The van der Waals surface area contributed by atoms with Gasteiger partial charge in [0.2, 0.25) is 0 Å². The van der Waals surface area contributed by atoms with Crippen LogP contribution in [-0.2, 0) is 6.54 Å². The number of hydrogen-bond donors (Lipinski definition) is 0. The van der Waals surface area contributed by atoms with Gasteiger partial charge < -0.3 is 4.57 Å². The highest BCUT2D eigenvalue weighted by molar-refractivity contribution is 6.34. The highest BCUT2D eigenvalue weighted by atomic mass is 35.5. The zero-order chi connectivity index (χ0) is 21.4. The van der Waals surface area contributed by atoms with Crippen LogP contribution in [0.1, 0.15) is 6.92 Å². The molecule has 0 amide bonds. The summed E-state index contributed by atoms with van der Waals surface area (Å²) in [7, 11) is 0. The molecule has 152 valence electrons. The molecule has 2 aromatic carbocycles. The van der Waals surface area contributed by atoms with Crippen molar-refractivity contribution in [1.82, 2.24) is 19.3 Å². The molecule has 0 aliphatic heterocycles. The molecule has 0 fully saturated rings. The van der Waals surface area contributed by atoms with Gasteiger partial charge in [-0.2, -0.15) is 5.10 Å². The molecule has 0 saturated heterocycles. The third-order valence-electron chi connectivity index (χ3n) is 4.67. The standard InChI is InChI=1S/C21H14Cl2F2N4O/c1-2-28-20(14(9-16(23)21(28)30)13-5-3-4-6-15(13)22)19-17(24)7-12(8-18(19)25)29-11-26-10-27-29/h3-11H,2H2,1H3. The van der Waals surface area contributed by atoms with E-state index >= 15 is 8.78 Å². The zero-order valence-electron chi connectivity index (χ0n) is 15.6. The molecule has 2 heterocycles. The van der Waals surface area contributed by atoms with Gasteiger partial charge in [0.1, 0.15) is 29.3 Å². The minimum atomic E-state index is -0.863. The first kappa shape index (κ1) is 20.3. The van der Waals surface area contributed by atoms with Crippen molar-refractivity contribution in [1.29, 1.82) is 0 Å². The van der Waals surface area contributed by atoms with E-state index < -0.39 is 17.2 Å². The molecule has 4 aromatic rings. The zero-order valence-corrected chi connectivity index (χ0v) is 17.1. The van der Waals surface area contributed by atoms with Crippen molar-refractivity contribution in [2.45, 2.75) is 13.5 Å². The van der Waals surface area contributed by atoms with Gasteiger partial charge in [0.25, 0.3) is 5.56 Å². The fourth-order valence-electron chi connectivity index (χ4n) is 3.35. The Morgan fingerprint density at radius 1 is 1.00 bits per heavy atom. The Hall–Kier alpha value is -3.03. The maximum atomic E-state index is 15.3. The molecule has 0 N–H and O–H groups in total. The third-order valence-corrected chi connectivity index (χ3v) is 5.27. The topological polar surface area (TPSA) is 52.7 Å². The molecule has 5 nitrogen and oxygen atoms in total. The summed E-state index contributed by atoms with van der Waals surface area (Å²) in [5, 5.41) is 4.17. The Kier molecular flexibility index (Phi) is 5.40. The van der Waals surface area contributed by atoms with E-state index in [1.807, 2.05) is 0 Å². The lowest BCUT2D eigenvalue weighted by molar-refractivity contribution is 0.581. The van der Waals surface area contributed by atoms with Crippen LogP contribution < -0.4 is 5.56 Å². The van der Waals surface area contributed by atoms with Crippen molar-refractivity contribution in [3.63, 3.8) is 0 Å². The smallest absolute Gasteiger partial charge is 0.269 e. The number of hydrogen-bond acceptors (Lipinski definition) is 3. The average Bonchev–Trinajstić information content (AvgIpc) is 3.25. The van der Waals surface area contributed by atoms with E-state index in [0.29, 0.717) is 16.1 Å². The Balaban J connectivity index is 2.07. The summed E-state index contributed by atoms with van der Waals surface area (Å²) in [6.45, 7) is 1.84. The second kappa shape index (κ2) is 8.01. The van der Waals surface area contributed by atoms with Gasteiger partial charge in [-0.25, -0.2) is 18.4 Å². The molecule has 2 aromatic heterocycles. The maximum Gasteiger partial charge on any atom is 0.269 e. The summed E-state index contributed by atoms with van der Waals surface area (Å²) in [4.78, 5) is 16.5. The number of benzene rings is 2. The number of pyridine rings is 1. The maximum absolute atomic E-state index is 15.3. The van der Waals surface area contributed by atoms with Gasteiger partial charge in [-0.1, -0.05) is 41.4 Å². The van der Waals surface area contributed by atoms with E-state index in [1.54, 1.807) is 31.2 Å². The van der Waals surface area contributed by atoms with E-state index in [1.165, 1.54) is 28.0 Å². The van der Waals surface area contributed by atoms with Gasteiger partial charge in [-0.3, -0.25) is 4.79 Å².